The number of aromatic nitrogens is 2. The third-order valence-corrected chi connectivity index (χ3v) is 6.29. The highest BCUT2D eigenvalue weighted by Gasteiger charge is 2.46. The summed E-state index contributed by atoms with van der Waals surface area (Å²) in [5.41, 5.74) is 1.10. The molecule has 1 N–H and O–H groups in total. The van der Waals surface area contributed by atoms with E-state index in [0.717, 1.165) is 45.4 Å². The number of benzene rings is 1. The van der Waals surface area contributed by atoms with Crippen LogP contribution in [0.15, 0.2) is 48.8 Å². The van der Waals surface area contributed by atoms with Crippen LogP contribution in [0.3, 0.4) is 0 Å². The lowest BCUT2D eigenvalue weighted by Gasteiger charge is -2.51. The van der Waals surface area contributed by atoms with E-state index in [9.17, 15) is 9.90 Å². The molecule has 6 heteroatoms. The van der Waals surface area contributed by atoms with Gasteiger partial charge in [-0.1, -0.05) is 30.3 Å². The second-order valence-electron chi connectivity index (χ2n) is 8.30. The molecule has 2 aliphatic rings. The maximum Gasteiger partial charge on any atom is 0.224 e. The molecule has 1 spiro atoms. The standard InChI is InChI=1S/C22H30N4O2/c27-20-8-14-24(16-19-6-2-1-3-7-19)17-22(20)10-4-12-25(18-22)21(28)9-15-26-13-5-11-23-26/h1-3,5-7,11,13,20,27H,4,8-10,12,14-18H2/t20-,22-/m1/s1. The number of likely N-dealkylation sites (tertiary alicyclic amines) is 2. The Bertz CT molecular complexity index is 764. The molecular formula is C22H30N4O2. The zero-order valence-corrected chi connectivity index (χ0v) is 16.4. The van der Waals surface area contributed by atoms with Crippen molar-refractivity contribution in [2.75, 3.05) is 26.2 Å². The minimum absolute atomic E-state index is 0.168. The van der Waals surface area contributed by atoms with Gasteiger partial charge >= 0.3 is 0 Å². The fourth-order valence-corrected chi connectivity index (χ4v) is 4.79. The van der Waals surface area contributed by atoms with E-state index in [1.54, 1.807) is 10.9 Å². The molecule has 0 aliphatic carbocycles. The summed E-state index contributed by atoms with van der Waals surface area (Å²) in [7, 11) is 0. The molecule has 28 heavy (non-hydrogen) atoms. The lowest BCUT2D eigenvalue weighted by molar-refractivity contribution is -0.141. The van der Waals surface area contributed by atoms with Crippen LogP contribution >= 0.6 is 0 Å². The van der Waals surface area contributed by atoms with Gasteiger partial charge in [-0.25, -0.2) is 0 Å². The summed E-state index contributed by atoms with van der Waals surface area (Å²) in [6, 6.07) is 12.4. The minimum Gasteiger partial charge on any atom is -0.392 e. The van der Waals surface area contributed by atoms with E-state index in [-0.39, 0.29) is 17.4 Å². The van der Waals surface area contributed by atoms with Gasteiger partial charge in [0, 0.05) is 63.5 Å². The van der Waals surface area contributed by atoms with Crippen LogP contribution in [-0.2, 0) is 17.9 Å². The van der Waals surface area contributed by atoms with Crippen LogP contribution in [0, 0.1) is 5.41 Å². The van der Waals surface area contributed by atoms with E-state index in [0.29, 0.717) is 19.5 Å². The predicted octanol–water partition coefficient (Wildman–Crippen LogP) is 2.15. The molecule has 2 atom stereocenters. The molecular weight excluding hydrogens is 352 g/mol. The zero-order valence-electron chi connectivity index (χ0n) is 16.4. The van der Waals surface area contributed by atoms with Crippen molar-refractivity contribution < 1.29 is 9.90 Å². The van der Waals surface area contributed by atoms with Crippen LogP contribution in [0.2, 0.25) is 0 Å². The van der Waals surface area contributed by atoms with Crippen LogP contribution in [0.25, 0.3) is 0 Å². The monoisotopic (exact) mass is 382 g/mol. The van der Waals surface area contributed by atoms with Gasteiger partial charge < -0.3 is 10.0 Å². The molecule has 2 aromatic rings. The highest BCUT2D eigenvalue weighted by molar-refractivity contribution is 5.76. The summed E-state index contributed by atoms with van der Waals surface area (Å²) in [4.78, 5) is 17.2. The largest absolute Gasteiger partial charge is 0.392 e. The number of rotatable bonds is 5. The van der Waals surface area contributed by atoms with Crippen molar-refractivity contribution in [3.63, 3.8) is 0 Å². The molecule has 0 bridgehead atoms. The normalized spacial score (nSPS) is 25.9. The first-order chi connectivity index (χ1) is 13.6. The van der Waals surface area contributed by atoms with Gasteiger partial charge in [-0.05, 0) is 30.9 Å². The number of aryl methyl sites for hydroxylation is 1. The average Bonchev–Trinajstić information content (AvgIpc) is 3.24. The van der Waals surface area contributed by atoms with Crippen LogP contribution in [0.1, 0.15) is 31.2 Å². The van der Waals surface area contributed by atoms with Crippen LogP contribution in [0.4, 0.5) is 0 Å². The number of piperidine rings is 2. The Morgan fingerprint density at radius 1 is 1.18 bits per heavy atom. The van der Waals surface area contributed by atoms with Gasteiger partial charge in [0.15, 0.2) is 0 Å². The second-order valence-corrected chi connectivity index (χ2v) is 8.30. The molecule has 1 aromatic heterocycles. The fourth-order valence-electron chi connectivity index (χ4n) is 4.79. The topological polar surface area (TPSA) is 61.6 Å². The quantitative estimate of drug-likeness (QED) is 0.861. The van der Waals surface area contributed by atoms with Gasteiger partial charge in [-0.3, -0.25) is 14.4 Å². The Morgan fingerprint density at radius 3 is 2.82 bits per heavy atom. The summed E-state index contributed by atoms with van der Waals surface area (Å²) >= 11 is 0. The molecule has 1 amide bonds. The number of aliphatic hydroxyl groups is 1. The van der Waals surface area contributed by atoms with E-state index < -0.39 is 0 Å². The Kier molecular flexibility index (Phi) is 5.78. The van der Waals surface area contributed by atoms with Crippen molar-refractivity contribution in [2.24, 2.45) is 5.41 Å². The molecule has 150 valence electrons. The Hall–Kier alpha value is -2.18. The zero-order chi connectivity index (χ0) is 19.4. The molecule has 0 unspecified atom stereocenters. The SMILES string of the molecule is O=C(CCn1cccn1)N1CCC[C@@]2(CN(Cc3ccccc3)CC[C@H]2O)C1. The summed E-state index contributed by atoms with van der Waals surface area (Å²) in [6.07, 6.45) is 6.48. The number of hydrogen-bond acceptors (Lipinski definition) is 4. The number of carbonyl (C=O) groups excluding carboxylic acids is 1. The predicted molar refractivity (Wildman–Crippen MR) is 107 cm³/mol. The van der Waals surface area contributed by atoms with Crippen LogP contribution in [0.5, 0.6) is 0 Å². The number of carbonyl (C=O) groups is 1. The van der Waals surface area contributed by atoms with Gasteiger partial charge in [0.2, 0.25) is 5.91 Å². The number of nitrogens with zero attached hydrogens (tertiary/aromatic N) is 4. The highest BCUT2D eigenvalue weighted by Crippen LogP contribution is 2.39. The van der Waals surface area contributed by atoms with Gasteiger partial charge in [0.05, 0.1) is 6.10 Å². The first-order valence-electron chi connectivity index (χ1n) is 10.3. The molecule has 2 saturated heterocycles. The minimum atomic E-state index is -0.332. The number of hydrogen-bond donors (Lipinski definition) is 1. The van der Waals surface area contributed by atoms with E-state index in [1.165, 1.54) is 5.56 Å². The molecule has 1 aromatic carbocycles. The van der Waals surface area contributed by atoms with Gasteiger partial charge in [-0.15, -0.1) is 0 Å². The van der Waals surface area contributed by atoms with Crippen LogP contribution < -0.4 is 0 Å². The van der Waals surface area contributed by atoms with Crippen molar-refractivity contribution >= 4 is 5.91 Å². The summed E-state index contributed by atoms with van der Waals surface area (Å²) < 4.78 is 1.80. The molecule has 2 aliphatic heterocycles. The van der Waals surface area contributed by atoms with Gasteiger partial charge in [-0.2, -0.15) is 5.10 Å². The summed E-state index contributed by atoms with van der Waals surface area (Å²) in [5, 5.41) is 15.0. The maximum atomic E-state index is 12.8. The number of amides is 1. The molecule has 6 nitrogen and oxygen atoms in total. The molecule has 0 saturated carbocycles. The van der Waals surface area contributed by atoms with Crippen molar-refractivity contribution in [3.8, 4) is 0 Å². The van der Waals surface area contributed by atoms with Crippen molar-refractivity contribution in [1.29, 1.82) is 0 Å². The lowest BCUT2D eigenvalue weighted by Crippen LogP contribution is -2.59. The smallest absolute Gasteiger partial charge is 0.224 e. The summed E-state index contributed by atoms with van der Waals surface area (Å²) in [5.74, 6) is 0.168. The highest BCUT2D eigenvalue weighted by atomic mass is 16.3. The fraction of sp³-hybridized carbons (Fsp3) is 0.545. The summed E-state index contributed by atoms with van der Waals surface area (Å²) in [6.45, 7) is 4.74. The Morgan fingerprint density at radius 2 is 2.04 bits per heavy atom. The van der Waals surface area contributed by atoms with E-state index in [1.807, 2.05) is 23.2 Å². The average molecular weight is 383 g/mol. The van der Waals surface area contributed by atoms with Crippen molar-refractivity contribution in [1.82, 2.24) is 19.6 Å². The number of aliphatic hydroxyl groups excluding tert-OH is 1. The molecule has 0 radical (unpaired) electrons. The van der Waals surface area contributed by atoms with E-state index in [4.69, 9.17) is 0 Å². The molecule has 3 heterocycles. The Balaban J connectivity index is 1.39. The van der Waals surface area contributed by atoms with Crippen molar-refractivity contribution in [3.05, 3.63) is 54.4 Å². The molecule has 2 fully saturated rings. The third-order valence-electron chi connectivity index (χ3n) is 6.29. The van der Waals surface area contributed by atoms with Crippen LogP contribution in [-0.4, -0.2) is 62.9 Å². The van der Waals surface area contributed by atoms with Gasteiger partial charge in [0.25, 0.3) is 0 Å². The van der Waals surface area contributed by atoms with Crippen molar-refractivity contribution in [2.45, 2.75) is 44.9 Å². The third kappa shape index (κ3) is 4.28. The lowest BCUT2D eigenvalue weighted by atomic mass is 9.71. The maximum absolute atomic E-state index is 12.8. The van der Waals surface area contributed by atoms with Gasteiger partial charge in [0.1, 0.15) is 0 Å². The first-order valence-corrected chi connectivity index (χ1v) is 10.3. The first kappa shape index (κ1) is 19.2. The Labute approximate surface area is 166 Å². The second kappa shape index (κ2) is 8.45. The molecule has 4 rings (SSSR count). The van der Waals surface area contributed by atoms with E-state index in [2.05, 4.69) is 34.3 Å². The van der Waals surface area contributed by atoms with E-state index >= 15 is 0 Å².